The highest BCUT2D eigenvalue weighted by atomic mass is 28.5. The van der Waals surface area contributed by atoms with Gasteiger partial charge in [-0.1, -0.05) is 0 Å². The van der Waals surface area contributed by atoms with E-state index in [-0.39, 0.29) is 0 Å². The summed E-state index contributed by atoms with van der Waals surface area (Å²) >= 11 is 0. The van der Waals surface area contributed by atoms with Crippen molar-refractivity contribution in [1.82, 2.24) is 0 Å². The second-order valence-electron chi connectivity index (χ2n) is 2.13. The molecule has 0 unspecified atom stereocenters. The Balaban J connectivity index is 4.89. The van der Waals surface area contributed by atoms with Gasteiger partial charge in [-0.25, -0.2) is 16.4 Å². The molecule has 15 heavy (non-hydrogen) atoms. The average molecular weight is 286 g/mol. The molecule has 0 heterocycles. The fourth-order valence-corrected chi connectivity index (χ4v) is 2.49. The highest BCUT2D eigenvalue weighted by molar-refractivity contribution is 6.75. The molecule has 13 heteroatoms. The van der Waals surface area contributed by atoms with E-state index in [1.54, 1.807) is 4.12 Å². The standard InChI is InChI=1S/C2F10OSi2/c3-1(4,5)14(9,10)13-15(11,12)2(6,7)8. The van der Waals surface area contributed by atoms with Gasteiger partial charge >= 0.3 is 29.6 Å². The number of hydrogen-bond donors (Lipinski definition) is 0. The van der Waals surface area contributed by atoms with Gasteiger partial charge in [0.2, 0.25) is 0 Å². The Morgan fingerprint density at radius 3 is 0.933 bits per heavy atom. The van der Waals surface area contributed by atoms with Crippen LogP contribution in [-0.2, 0) is 4.12 Å². The first-order valence-electron chi connectivity index (χ1n) is 2.80. The third-order valence-electron chi connectivity index (χ3n) is 0.916. The molecule has 92 valence electrons. The maximum absolute atomic E-state index is 11.8. The van der Waals surface area contributed by atoms with Crippen LogP contribution in [0.15, 0.2) is 0 Å². The van der Waals surface area contributed by atoms with Crippen molar-refractivity contribution in [1.29, 1.82) is 0 Å². The van der Waals surface area contributed by atoms with Crippen LogP contribution in [0.4, 0.5) is 42.8 Å². The lowest BCUT2D eigenvalue weighted by atomic mass is 11.5. The Labute approximate surface area is 77.6 Å². The zero-order valence-corrected chi connectivity index (χ0v) is 8.19. The molecule has 0 aromatic heterocycles. The van der Waals surface area contributed by atoms with Gasteiger partial charge in [0.25, 0.3) is 0 Å². The summed E-state index contributed by atoms with van der Waals surface area (Å²) < 4.78 is 116. The van der Waals surface area contributed by atoms with E-state index in [9.17, 15) is 42.8 Å². The van der Waals surface area contributed by atoms with Crippen molar-refractivity contribution in [3.05, 3.63) is 0 Å². The number of alkyl halides is 6. The average Bonchev–Trinajstić information content (AvgIpc) is 1.77. The highest BCUT2D eigenvalue weighted by Gasteiger charge is 2.78. The van der Waals surface area contributed by atoms with E-state index in [1.165, 1.54) is 0 Å². The van der Waals surface area contributed by atoms with Gasteiger partial charge in [-0.05, 0) is 0 Å². The van der Waals surface area contributed by atoms with E-state index < -0.39 is 29.6 Å². The molecule has 0 N–H and O–H groups in total. The molecule has 0 atom stereocenters. The number of halogens is 10. The van der Waals surface area contributed by atoms with Gasteiger partial charge < -0.3 is 4.12 Å². The minimum atomic E-state index is -8.06. The van der Waals surface area contributed by atoms with Crippen LogP contribution in [0.3, 0.4) is 0 Å². The first kappa shape index (κ1) is 14.7. The molecule has 0 radical (unpaired) electrons. The lowest BCUT2D eigenvalue weighted by Crippen LogP contribution is -2.57. The van der Waals surface area contributed by atoms with Crippen LogP contribution in [0.1, 0.15) is 0 Å². The zero-order chi connectivity index (χ0) is 12.7. The minimum Gasteiger partial charge on any atom is -0.349 e. The fraction of sp³-hybridized carbons (Fsp3) is 1.00. The van der Waals surface area contributed by atoms with Crippen LogP contribution in [0.25, 0.3) is 0 Å². The lowest BCUT2D eigenvalue weighted by molar-refractivity contribution is -0.113. The summed E-state index contributed by atoms with van der Waals surface area (Å²) in [4.78, 5) is 0. The molecule has 0 fully saturated rings. The van der Waals surface area contributed by atoms with Gasteiger partial charge in [-0.2, -0.15) is 26.3 Å². The minimum absolute atomic E-state index is 1.72. The first-order valence-corrected chi connectivity index (χ1v) is 6.13. The Morgan fingerprint density at radius 2 is 0.800 bits per heavy atom. The molecule has 0 aliphatic rings. The van der Waals surface area contributed by atoms with Crippen molar-refractivity contribution >= 4 is 18.0 Å². The van der Waals surface area contributed by atoms with Crippen LogP contribution in [0.2, 0.25) is 0 Å². The van der Waals surface area contributed by atoms with E-state index in [0.717, 1.165) is 0 Å². The zero-order valence-electron chi connectivity index (χ0n) is 6.19. The highest BCUT2D eigenvalue weighted by Crippen LogP contribution is 2.40. The largest absolute Gasteiger partial charge is 0.684 e. The molecule has 0 spiro atoms. The summed E-state index contributed by atoms with van der Waals surface area (Å²) in [5.74, 6) is -13.0. The van der Waals surface area contributed by atoms with Crippen LogP contribution in [0, 0.1) is 0 Å². The second-order valence-corrected chi connectivity index (χ2v) is 6.15. The Morgan fingerprint density at radius 1 is 0.600 bits per heavy atom. The molecule has 0 rings (SSSR count). The van der Waals surface area contributed by atoms with E-state index in [2.05, 4.69) is 0 Å². The maximum Gasteiger partial charge on any atom is 0.684 e. The molecule has 0 aliphatic carbocycles. The van der Waals surface area contributed by atoms with Crippen LogP contribution in [-0.4, -0.2) is 29.6 Å². The SMILES string of the molecule is FC(F)(F)[Si](F)(F)O[Si](F)(F)C(F)(F)F. The van der Waals surface area contributed by atoms with Gasteiger partial charge in [0.1, 0.15) is 0 Å². The van der Waals surface area contributed by atoms with Crippen molar-refractivity contribution in [2.75, 3.05) is 0 Å². The third-order valence-corrected chi connectivity index (χ3v) is 4.29. The van der Waals surface area contributed by atoms with Gasteiger partial charge in [0.15, 0.2) is 0 Å². The number of rotatable bonds is 2. The first-order chi connectivity index (χ1) is 6.21. The van der Waals surface area contributed by atoms with Crippen LogP contribution >= 0.6 is 0 Å². The molecule has 0 amide bonds. The smallest absolute Gasteiger partial charge is 0.349 e. The fourth-order valence-electron chi connectivity index (χ4n) is 0.277. The third kappa shape index (κ3) is 3.34. The molecule has 0 saturated carbocycles. The predicted octanol–water partition coefficient (Wildman–Crippen LogP) is 2.96. The van der Waals surface area contributed by atoms with E-state index in [4.69, 9.17) is 0 Å². The molecule has 0 bridgehead atoms. The van der Waals surface area contributed by atoms with Crippen molar-refractivity contribution in [2.45, 2.75) is 11.6 Å². The lowest BCUT2D eigenvalue weighted by Gasteiger charge is -2.22. The normalized spacial score (nSPS) is 15.6. The summed E-state index contributed by atoms with van der Waals surface area (Å²) in [6.45, 7) is 0. The summed E-state index contributed by atoms with van der Waals surface area (Å²) in [7, 11) is -16.1. The monoisotopic (exact) mass is 286 g/mol. The number of hydrogen-bond acceptors (Lipinski definition) is 1. The Kier molecular flexibility index (Phi) is 3.54. The van der Waals surface area contributed by atoms with Crippen LogP contribution in [0.5, 0.6) is 0 Å². The van der Waals surface area contributed by atoms with Crippen molar-refractivity contribution in [3.8, 4) is 0 Å². The molecular weight excluding hydrogens is 286 g/mol. The van der Waals surface area contributed by atoms with E-state index >= 15 is 0 Å². The van der Waals surface area contributed by atoms with Gasteiger partial charge in [-0.15, -0.1) is 0 Å². The van der Waals surface area contributed by atoms with E-state index in [1.807, 2.05) is 0 Å². The summed E-state index contributed by atoms with van der Waals surface area (Å²) in [5, 5.41) is 0. The Bertz CT molecular complexity index is 203. The maximum atomic E-state index is 11.8. The van der Waals surface area contributed by atoms with Crippen molar-refractivity contribution in [2.24, 2.45) is 0 Å². The van der Waals surface area contributed by atoms with Gasteiger partial charge in [-0.3, -0.25) is 0 Å². The predicted molar refractivity (Wildman–Crippen MR) is 29.1 cm³/mol. The molecule has 1 nitrogen and oxygen atoms in total. The van der Waals surface area contributed by atoms with Crippen LogP contribution < -0.4 is 0 Å². The summed E-state index contributed by atoms with van der Waals surface area (Å²) in [6.07, 6.45) is 0. The van der Waals surface area contributed by atoms with Gasteiger partial charge in [0.05, 0.1) is 0 Å². The molecule has 0 saturated heterocycles. The quantitative estimate of drug-likeness (QED) is 0.431. The van der Waals surface area contributed by atoms with Gasteiger partial charge in [0, 0.05) is 0 Å². The molecule has 0 aromatic carbocycles. The van der Waals surface area contributed by atoms with Crippen molar-refractivity contribution in [3.63, 3.8) is 0 Å². The molecule has 0 aliphatic heterocycles. The summed E-state index contributed by atoms with van der Waals surface area (Å²) in [6, 6.07) is 0. The van der Waals surface area contributed by atoms with E-state index in [0.29, 0.717) is 0 Å². The topological polar surface area (TPSA) is 9.23 Å². The molecular formula is C2F10OSi2. The second kappa shape index (κ2) is 3.62. The summed E-state index contributed by atoms with van der Waals surface area (Å²) in [5.41, 5.74) is 0. The molecule has 0 aromatic rings. The Hall–Kier alpha value is -0.306. The van der Waals surface area contributed by atoms with Crippen molar-refractivity contribution < 1.29 is 46.9 Å².